The van der Waals surface area contributed by atoms with E-state index in [0.29, 0.717) is 32.0 Å². The molecule has 1 heterocycles. The molecule has 0 aliphatic carbocycles. The van der Waals surface area contributed by atoms with Crippen molar-refractivity contribution in [1.82, 2.24) is 4.90 Å². The summed E-state index contributed by atoms with van der Waals surface area (Å²) in [7, 11) is 5.79. The van der Waals surface area contributed by atoms with Crippen LogP contribution >= 0.6 is 24.0 Å². The standard InChI is InChI=1S/C16H17NO6S2/c1-20-10-5-9(6-11(21-2)14(10)23-4)7-12-15(19)17(16(24)25-12)8-13(18)22-3/h5-7H,8H2,1-4H3. The second kappa shape index (κ2) is 8.21. The zero-order chi connectivity index (χ0) is 18.6. The molecule has 25 heavy (non-hydrogen) atoms. The molecule has 1 aromatic rings. The molecule has 2 rings (SSSR count). The lowest BCUT2D eigenvalue weighted by atomic mass is 10.1. The van der Waals surface area contributed by atoms with E-state index in [1.165, 1.54) is 33.3 Å². The average molecular weight is 383 g/mol. The summed E-state index contributed by atoms with van der Waals surface area (Å²) < 4.78 is 20.7. The maximum atomic E-state index is 12.5. The van der Waals surface area contributed by atoms with Crippen LogP contribution in [0.15, 0.2) is 17.0 Å². The molecule has 7 nitrogen and oxygen atoms in total. The number of carbonyl (C=O) groups is 2. The molecule has 1 fully saturated rings. The van der Waals surface area contributed by atoms with Crippen LogP contribution in [0.1, 0.15) is 5.56 Å². The van der Waals surface area contributed by atoms with Crippen molar-refractivity contribution < 1.29 is 28.5 Å². The fourth-order valence-electron chi connectivity index (χ4n) is 2.17. The number of esters is 1. The van der Waals surface area contributed by atoms with Crippen molar-refractivity contribution in [3.8, 4) is 17.2 Å². The summed E-state index contributed by atoms with van der Waals surface area (Å²) in [6.07, 6.45) is 1.65. The number of thiocarbonyl (C=S) groups is 1. The molecule has 0 unspecified atom stereocenters. The van der Waals surface area contributed by atoms with Crippen LogP contribution in [0.25, 0.3) is 6.08 Å². The van der Waals surface area contributed by atoms with E-state index in [-0.39, 0.29) is 12.5 Å². The Morgan fingerprint density at radius 2 is 1.76 bits per heavy atom. The van der Waals surface area contributed by atoms with E-state index in [1.807, 2.05) is 0 Å². The number of hydrogen-bond acceptors (Lipinski definition) is 8. The monoisotopic (exact) mass is 383 g/mol. The Balaban J connectivity index is 2.36. The van der Waals surface area contributed by atoms with Crippen molar-refractivity contribution in [1.29, 1.82) is 0 Å². The summed E-state index contributed by atoms with van der Waals surface area (Å²) in [4.78, 5) is 25.5. The normalized spacial score (nSPS) is 15.5. The fraction of sp³-hybridized carbons (Fsp3) is 0.312. The average Bonchev–Trinajstić information content (AvgIpc) is 2.87. The largest absolute Gasteiger partial charge is 0.493 e. The van der Waals surface area contributed by atoms with Gasteiger partial charge >= 0.3 is 5.97 Å². The quantitative estimate of drug-likeness (QED) is 0.420. The Hall–Kier alpha value is -2.26. The van der Waals surface area contributed by atoms with Crippen molar-refractivity contribution in [2.24, 2.45) is 0 Å². The van der Waals surface area contributed by atoms with E-state index >= 15 is 0 Å². The third-order valence-electron chi connectivity index (χ3n) is 3.37. The SMILES string of the molecule is COC(=O)CN1C(=O)C(=Cc2cc(OC)c(OC)c(OC)c2)SC1=S. The minimum Gasteiger partial charge on any atom is -0.493 e. The Morgan fingerprint density at radius 1 is 1.16 bits per heavy atom. The van der Waals surface area contributed by atoms with Gasteiger partial charge in [-0.15, -0.1) is 0 Å². The van der Waals surface area contributed by atoms with E-state index in [1.54, 1.807) is 18.2 Å². The molecule has 1 saturated heterocycles. The van der Waals surface area contributed by atoms with E-state index in [2.05, 4.69) is 4.74 Å². The van der Waals surface area contributed by atoms with Gasteiger partial charge in [-0.1, -0.05) is 24.0 Å². The molecule has 1 amide bonds. The molecule has 0 saturated carbocycles. The van der Waals surface area contributed by atoms with Crippen LogP contribution in [0.2, 0.25) is 0 Å². The molecule has 134 valence electrons. The number of methoxy groups -OCH3 is 4. The smallest absolute Gasteiger partial charge is 0.325 e. The van der Waals surface area contributed by atoms with Crippen LogP contribution in [-0.4, -0.2) is 56.1 Å². The molecule has 9 heteroatoms. The van der Waals surface area contributed by atoms with Crippen LogP contribution in [0.4, 0.5) is 0 Å². The van der Waals surface area contributed by atoms with Crippen LogP contribution < -0.4 is 14.2 Å². The summed E-state index contributed by atoms with van der Waals surface area (Å²) in [6.45, 7) is -0.215. The molecule has 1 aliphatic rings. The Kier molecular flexibility index (Phi) is 6.27. The van der Waals surface area contributed by atoms with E-state index in [0.717, 1.165) is 11.8 Å². The molecule has 0 aromatic heterocycles. The highest BCUT2D eigenvalue weighted by Crippen LogP contribution is 2.40. The lowest BCUT2D eigenvalue weighted by molar-refractivity contribution is -0.143. The van der Waals surface area contributed by atoms with Gasteiger partial charge in [0.2, 0.25) is 5.75 Å². The highest BCUT2D eigenvalue weighted by atomic mass is 32.2. The van der Waals surface area contributed by atoms with Gasteiger partial charge in [-0.05, 0) is 23.8 Å². The lowest BCUT2D eigenvalue weighted by Gasteiger charge is -2.13. The maximum absolute atomic E-state index is 12.5. The van der Waals surface area contributed by atoms with Crippen molar-refractivity contribution in [3.63, 3.8) is 0 Å². The highest BCUT2D eigenvalue weighted by Gasteiger charge is 2.33. The summed E-state index contributed by atoms with van der Waals surface area (Å²) in [5, 5.41) is 0. The first kappa shape index (κ1) is 19.1. The molecule has 1 aliphatic heterocycles. The number of ether oxygens (including phenoxy) is 4. The Labute approximate surface area is 154 Å². The van der Waals surface area contributed by atoms with Crippen LogP contribution in [-0.2, 0) is 14.3 Å². The minimum atomic E-state index is -0.537. The number of amides is 1. The van der Waals surface area contributed by atoms with Crippen molar-refractivity contribution in [2.75, 3.05) is 35.0 Å². The predicted molar refractivity (Wildman–Crippen MR) is 98.0 cm³/mol. The van der Waals surface area contributed by atoms with Gasteiger partial charge < -0.3 is 18.9 Å². The van der Waals surface area contributed by atoms with Crippen LogP contribution in [0.3, 0.4) is 0 Å². The van der Waals surface area contributed by atoms with E-state index in [9.17, 15) is 9.59 Å². The van der Waals surface area contributed by atoms with E-state index < -0.39 is 5.97 Å². The first-order chi connectivity index (χ1) is 11.9. The van der Waals surface area contributed by atoms with Crippen LogP contribution in [0.5, 0.6) is 17.2 Å². The van der Waals surface area contributed by atoms with Crippen molar-refractivity contribution in [2.45, 2.75) is 0 Å². The minimum absolute atomic E-state index is 0.215. The summed E-state index contributed by atoms with van der Waals surface area (Å²) in [5.74, 6) is 0.510. The van der Waals surface area contributed by atoms with Crippen LogP contribution in [0, 0.1) is 0 Å². The summed E-state index contributed by atoms with van der Waals surface area (Å²) in [6, 6.07) is 3.43. The number of rotatable bonds is 6. The van der Waals surface area contributed by atoms with Gasteiger partial charge in [0.05, 0.1) is 33.3 Å². The molecule has 1 aromatic carbocycles. The summed E-state index contributed by atoms with van der Waals surface area (Å²) >= 11 is 6.28. The second-order valence-electron chi connectivity index (χ2n) is 4.80. The molecular weight excluding hydrogens is 366 g/mol. The topological polar surface area (TPSA) is 74.3 Å². The number of nitrogens with zero attached hydrogens (tertiary/aromatic N) is 1. The first-order valence-corrected chi connectivity index (χ1v) is 8.29. The third kappa shape index (κ3) is 4.05. The molecule has 0 N–H and O–H groups in total. The zero-order valence-electron chi connectivity index (χ0n) is 14.2. The Bertz CT molecular complexity index is 721. The predicted octanol–water partition coefficient (Wildman–Crippen LogP) is 2.09. The Morgan fingerprint density at radius 3 is 2.24 bits per heavy atom. The second-order valence-corrected chi connectivity index (χ2v) is 6.48. The van der Waals surface area contributed by atoms with Gasteiger partial charge in [0.15, 0.2) is 11.5 Å². The first-order valence-electron chi connectivity index (χ1n) is 7.07. The van der Waals surface area contributed by atoms with Crippen molar-refractivity contribution >= 4 is 46.3 Å². The molecule has 0 atom stereocenters. The van der Waals surface area contributed by atoms with Gasteiger partial charge in [-0.3, -0.25) is 14.5 Å². The third-order valence-corrected chi connectivity index (χ3v) is 4.75. The zero-order valence-corrected chi connectivity index (χ0v) is 15.8. The van der Waals surface area contributed by atoms with Crippen molar-refractivity contribution in [3.05, 3.63) is 22.6 Å². The molecule has 0 radical (unpaired) electrons. The fourth-order valence-corrected chi connectivity index (χ4v) is 3.42. The van der Waals surface area contributed by atoms with E-state index in [4.69, 9.17) is 26.4 Å². The number of benzene rings is 1. The lowest BCUT2D eigenvalue weighted by Crippen LogP contribution is -2.33. The highest BCUT2D eigenvalue weighted by molar-refractivity contribution is 8.26. The molecule has 0 bridgehead atoms. The number of carbonyl (C=O) groups excluding carboxylic acids is 2. The maximum Gasteiger partial charge on any atom is 0.325 e. The van der Waals surface area contributed by atoms with Gasteiger partial charge in [-0.25, -0.2) is 0 Å². The number of hydrogen-bond donors (Lipinski definition) is 0. The summed E-state index contributed by atoms with van der Waals surface area (Å²) in [5.41, 5.74) is 0.674. The van der Waals surface area contributed by atoms with Gasteiger partial charge in [0.25, 0.3) is 5.91 Å². The van der Waals surface area contributed by atoms with Gasteiger partial charge in [0.1, 0.15) is 10.9 Å². The molecular formula is C16H17NO6S2. The molecule has 0 spiro atoms. The number of thioether (sulfide) groups is 1. The van der Waals surface area contributed by atoms with Gasteiger partial charge in [0, 0.05) is 0 Å². The van der Waals surface area contributed by atoms with Gasteiger partial charge in [-0.2, -0.15) is 0 Å².